The highest BCUT2D eigenvalue weighted by atomic mass is 79.9. The first kappa shape index (κ1) is 27.0. The number of benzene rings is 2. The smallest absolute Gasteiger partial charge is 0.257 e. The first-order valence-electron chi connectivity index (χ1n) is 12.9. The van der Waals surface area contributed by atoms with Crippen LogP contribution in [0.2, 0.25) is 0 Å². The minimum Gasteiger partial charge on any atom is -0.497 e. The quantitative estimate of drug-likeness (QED) is 0.384. The summed E-state index contributed by atoms with van der Waals surface area (Å²) in [7, 11) is 3.13. The Morgan fingerprint density at radius 3 is 2.67 bits per heavy atom. The Morgan fingerprint density at radius 1 is 1.03 bits per heavy atom. The maximum Gasteiger partial charge on any atom is 0.257 e. The number of rotatable bonds is 8. The van der Waals surface area contributed by atoms with E-state index in [9.17, 15) is 14.4 Å². The Balaban J connectivity index is 1.48. The lowest BCUT2D eigenvalue weighted by Gasteiger charge is -2.44. The zero-order chi connectivity index (χ0) is 27.5. The largest absolute Gasteiger partial charge is 0.497 e. The van der Waals surface area contributed by atoms with Gasteiger partial charge in [0.25, 0.3) is 17.4 Å². The highest BCUT2D eigenvalue weighted by Gasteiger charge is 2.35. The normalized spacial score (nSPS) is 17.8. The molecule has 2 aliphatic rings. The van der Waals surface area contributed by atoms with Crippen LogP contribution in [-0.4, -0.2) is 56.8 Å². The van der Waals surface area contributed by atoms with Crippen molar-refractivity contribution in [2.24, 2.45) is 5.92 Å². The Labute approximate surface area is 235 Å². The van der Waals surface area contributed by atoms with E-state index in [1.165, 1.54) is 0 Å². The van der Waals surface area contributed by atoms with Gasteiger partial charge in [-0.3, -0.25) is 14.4 Å². The molecule has 9 nitrogen and oxygen atoms in total. The number of nitrogens with zero attached hydrogens (tertiary/aromatic N) is 2. The molecule has 3 heterocycles. The number of carbonyl (C=O) groups excluding carboxylic acids is 2. The van der Waals surface area contributed by atoms with Crippen molar-refractivity contribution in [1.29, 1.82) is 0 Å². The van der Waals surface area contributed by atoms with Gasteiger partial charge < -0.3 is 29.6 Å². The molecule has 0 spiro atoms. The van der Waals surface area contributed by atoms with Gasteiger partial charge in [-0.15, -0.1) is 0 Å². The van der Waals surface area contributed by atoms with Crippen molar-refractivity contribution in [2.45, 2.75) is 18.9 Å². The number of carbonyl (C=O) groups is 2. The van der Waals surface area contributed by atoms with E-state index in [4.69, 9.17) is 9.47 Å². The number of methoxy groups -OCH3 is 2. The molecule has 2 aliphatic heterocycles. The Bertz CT molecular complexity index is 1460. The van der Waals surface area contributed by atoms with Gasteiger partial charge in [0.1, 0.15) is 5.75 Å². The molecule has 2 amide bonds. The summed E-state index contributed by atoms with van der Waals surface area (Å²) in [6.45, 7) is 2.89. The molecule has 1 saturated heterocycles. The molecule has 2 aromatic carbocycles. The standard InChI is InChI=1S/C29H31BrN4O5/c1-38-11-10-31-28(36)19-6-9-26(24(13-19)32-29(37)22-14-21(39-2)7-8-23(22)30)33-15-18-12-20(17-33)25-4-3-5-27(35)34(25)16-18/h3-9,13-14,18,20H,10-12,15-17H2,1-2H3,(H,31,36)(H,32,37)/t18-,20+/m1/s1. The van der Waals surface area contributed by atoms with Crippen LogP contribution in [-0.2, 0) is 11.3 Å². The van der Waals surface area contributed by atoms with Crippen LogP contribution in [0.25, 0.3) is 0 Å². The van der Waals surface area contributed by atoms with Crippen LogP contribution in [0, 0.1) is 5.92 Å². The molecule has 10 heteroatoms. The molecule has 2 atom stereocenters. The molecule has 0 unspecified atom stereocenters. The van der Waals surface area contributed by atoms with Crippen LogP contribution in [0.3, 0.4) is 0 Å². The summed E-state index contributed by atoms with van der Waals surface area (Å²) in [5.41, 5.74) is 3.31. The molecular formula is C29H31BrN4O5. The number of hydrogen-bond acceptors (Lipinski definition) is 6. The fourth-order valence-corrected chi connectivity index (χ4v) is 5.94. The van der Waals surface area contributed by atoms with Gasteiger partial charge in [-0.2, -0.15) is 0 Å². The Kier molecular flexibility index (Phi) is 8.04. The molecule has 0 saturated carbocycles. The van der Waals surface area contributed by atoms with Crippen molar-refractivity contribution in [3.8, 4) is 5.75 Å². The molecule has 1 aromatic heterocycles. The second-order valence-corrected chi connectivity index (χ2v) is 10.7. The predicted molar refractivity (Wildman–Crippen MR) is 153 cm³/mol. The first-order chi connectivity index (χ1) is 18.9. The fourth-order valence-electron chi connectivity index (χ4n) is 5.51. The lowest BCUT2D eigenvalue weighted by atomic mass is 9.83. The lowest BCUT2D eigenvalue weighted by molar-refractivity contribution is 0.0936. The monoisotopic (exact) mass is 594 g/mol. The zero-order valence-electron chi connectivity index (χ0n) is 21.9. The molecule has 3 aromatic rings. The number of aromatic nitrogens is 1. The minimum absolute atomic E-state index is 0.0382. The van der Waals surface area contributed by atoms with E-state index in [1.807, 2.05) is 22.8 Å². The second kappa shape index (κ2) is 11.6. The van der Waals surface area contributed by atoms with Crippen LogP contribution < -0.4 is 25.8 Å². The van der Waals surface area contributed by atoms with E-state index in [0.29, 0.717) is 59.2 Å². The average molecular weight is 595 g/mol. The molecule has 5 rings (SSSR count). The summed E-state index contributed by atoms with van der Waals surface area (Å²) in [4.78, 5) is 41.0. The van der Waals surface area contributed by atoms with Crippen LogP contribution in [0.15, 0.2) is 63.9 Å². The summed E-state index contributed by atoms with van der Waals surface area (Å²) in [6, 6.07) is 16.0. The third kappa shape index (κ3) is 5.72. The summed E-state index contributed by atoms with van der Waals surface area (Å²) in [5, 5.41) is 5.88. The van der Waals surface area contributed by atoms with Crippen LogP contribution in [0.4, 0.5) is 11.4 Å². The van der Waals surface area contributed by atoms with Crippen LogP contribution in [0.5, 0.6) is 5.75 Å². The predicted octanol–water partition coefficient (Wildman–Crippen LogP) is 3.87. The van der Waals surface area contributed by atoms with Gasteiger partial charge in [0.15, 0.2) is 0 Å². The second-order valence-electron chi connectivity index (χ2n) is 9.88. The number of pyridine rings is 1. The molecular weight excluding hydrogens is 564 g/mol. The molecule has 1 fully saturated rings. The van der Waals surface area contributed by atoms with Crippen LogP contribution >= 0.6 is 15.9 Å². The Morgan fingerprint density at radius 2 is 1.87 bits per heavy atom. The number of hydrogen-bond donors (Lipinski definition) is 2. The van der Waals surface area contributed by atoms with E-state index in [0.717, 1.165) is 24.3 Å². The van der Waals surface area contributed by atoms with Crippen molar-refractivity contribution in [3.05, 3.63) is 86.2 Å². The maximum absolute atomic E-state index is 13.5. The van der Waals surface area contributed by atoms with Crippen molar-refractivity contribution >= 4 is 39.1 Å². The summed E-state index contributed by atoms with van der Waals surface area (Å²) < 4.78 is 12.9. The van der Waals surface area contributed by atoms with Gasteiger partial charge >= 0.3 is 0 Å². The maximum atomic E-state index is 13.5. The van der Waals surface area contributed by atoms with E-state index in [1.54, 1.807) is 50.6 Å². The van der Waals surface area contributed by atoms with Crippen molar-refractivity contribution in [2.75, 3.05) is 50.7 Å². The van der Waals surface area contributed by atoms with Crippen LogP contribution in [0.1, 0.15) is 38.7 Å². The van der Waals surface area contributed by atoms with Gasteiger partial charge in [0.05, 0.1) is 30.7 Å². The lowest BCUT2D eigenvalue weighted by Crippen LogP contribution is -2.47. The van der Waals surface area contributed by atoms with Crippen molar-refractivity contribution in [3.63, 3.8) is 0 Å². The minimum atomic E-state index is -0.326. The number of ether oxygens (including phenoxy) is 2. The molecule has 0 aliphatic carbocycles. The van der Waals surface area contributed by atoms with Gasteiger partial charge in [-0.25, -0.2) is 0 Å². The summed E-state index contributed by atoms with van der Waals surface area (Å²) >= 11 is 3.46. The number of anilines is 2. The Hall–Kier alpha value is -3.63. The van der Waals surface area contributed by atoms with Gasteiger partial charge in [0, 0.05) is 61.0 Å². The number of amides is 2. The summed E-state index contributed by atoms with van der Waals surface area (Å²) in [6.07, 6.45) is 1.01. The summed E-state index contributed by atoms with van der Waals surface area (Å²) in [5.74, 6) is 0.477. The number of piperidine rings is 1. The van der Waals surface area contributed by atoms with E-state index >= 15 is 0 Å². The number of nitrogens with one attached hydrogen (secondary N) is 2. The zero-order valence-corrected chi connectivity index (χ0v) is 23.5. The molecule has 0 radical (unpaired) electrons. The SMILES string of the molecule is COCCNC(=O)c1ccc(N2C[C@H]3C[C@@H](C2)c2cccc(=O)n2C3)c(NC(=O)c2cc(OC)ccc2Br)c1. The fraction of sp³-hybridized carbons (Fsp3) is 0.345. The highest BCUT2D eigenvalue weighted by Crippen LogP contribution is 2.39. The van der Waals surface area contributed by atoms with E-state index in [-0.39, 0.29) is 23.3 Å². The number of fused-ring (bicyclic) bond motifs is 4. The van der Waals surface area contributed by atoms with Gasteiger partial charge in [-0.05, 0) is 70.7 Å². The van der Waals surface area contributed by atoms with Gasteiger partial charge in [0.2, 0.25) is 0 Å². The first-order valence-corrected chi connectivity index (χ1v) is 13.7. The van der Waals surface area contributed by atoms with E-state index in [2.05, 4.69) is 31.5 Å². The molecule has 39 heavy (non-hydrogen) atoms. The van der Waals surface area contributed by atoms with Crippen molar-refractivity contribution < 1.29 is 19.1 Å². The highest BCUT2D eigenvalue weighted by molar-refractivity contribution is 9.10. The average Bonchev–Trinajstić information content (AvgIpc) is 2.94. The molecule has 2 N–H and O–H groups in total. The topological polar surface area (TPSA) is 102 Å². The third-order valence-electron chi connectivity index (χ3n) is 7.34. The number of halogens is 1. The van der Waals surface area contributed by atoms with Crippen molar-refractivity contribution in [1.82, 2.24) is 9.88 Å². The molecule has 204 valence electrons. The molecule has 2 bridgehead atoms. The van der Waals surface area contributed by atoms with Gasteiger partial charge in [-0.1, -0.05) is 6.07 Å². The third-order valence-corrected chi connectivity index (χ3v) is 8.03. The van der Waals surface area contributed by atoms with E-state index < -0.39 is 0 Å².